The number of rotatable bonds is 7. The van der Waals surface area contributed by atoms with Crippen LogP contribution in [0.3, 0.4) is 0 Å². The highest BCUT2D eigenvalue weighted by atomic mass is 79.9. The van der Waals surface area contributed by atoms with Crippen molar-refractivity contribution in [1.29, 1.82) is 0 Å². The minimum absolute atomic E-state index is 0.0796. The molecule has 0 aliphatic carbocycles. The van der Waals surface area contributed by atoms with Crippen molar-refractivity contribution in [3.8, 4) is 0 Å². The summed E-state index contributed by atoms with van der Waals surface area (Å²) in [6, 6.07) is 5.92. The third-order valence-electron chi connectivity index (χ3n) is 4.94. The van der Waals surface area contributed by atoms with Crippen LogP contribution in [-0.4, -0.2) is 73.3 Å². The van der Waals surface area contributed by atoms with Gasteiger partial charge in [-0.25, -0.2) is 9.97 Å². The van der Waals surface area contributed by atoms with E-state index >= 15 is 0 Å². The van der Waals surface area contributed by atoms with Crippen LogP contribution in [0, 0.1) is 0 Å². The molecule has 3 rings (SSSR count). The molecule has 1 aromatic carbocycles. The molecule has 0 bridgehead atoms. The second-order valence-electron chi connectivity index (χ2n) is 6.70. The Morgan fingerprint density at radius 2 is 2.07 bits per heavy atom. The monoisotopic (exact) mass is 435 g/mol. The number of ether oxygens (including phenoxy) is 1. The third-order valence-corrected chi connectivity index (χ3v) is 5.44. The zero-order valence-electron chi connectivity index (χ0n) is 15.8. The van der Waals surface area contributed by atoms with Crippen LogP contribution in [0.2, 0.25) is 0 Å². The van der Waals surface area contributed by atoms with Crippen LogP contribution in [0.5, 0.6) is 0 Å². The zero-order valence-corrected chi connectivity index (χ0v) is 17.4. The zero-order chi connectivity index (χ0) is 19.2. The number of hydrogen-bond acceptors (Lipinski definition) is 6. The van der Waals surface area contributed by atoms with Crippen LogP contribution >= 0.6 is 15.9 Å². The minimum atomic E-state index is -0.133. The van der Waals surface area contributed by atoms with E-state index in [-0.39, 0.29) is 11.9 Å². The number of carbonyl (C=O) groups excluding carboxylic acids is 1. The number of hydrogen-bond donors (Lipinski definition) is 1. The Bertz CT molecular complexity index is 780. The Labute approximate surface area is 168 Å². The predicted molar refractivity (Wildman–Crippen MR) is 110 cm³/mol. The van der Waals surface area contributed by atoms with Gasteiger partial charge in [0.25, 0.3) is 0 Å². The number of nitrogens with zero attached hydrogens (tertiary/aromatic N) is 4. The maximum Gasteiger partial charge on any atom is 0.237 e. The molecule has 27 heavy (non-hydrogen) atoms. The first kappa shape index (κ1) is 20.0. The number of carbonyl (C=O) groups is 1. The Balaban J connectivity index is 1.59. The Morgan fingerprint density at radius 1 is 1.30 bits per heavy atom. The molecule has 1 fully saturated rings. The number of benzene rings is 1. The largest absolute Gasteiger partial charge is 0.385 e. The Kier molecular flexibility index (Phi) is 6.98. The molecule has 1 N–H and O–H groups in total. The molecule has 8 heteroatoms. The lowest BCUT2D eigenvalue weighted by Crippen LogP contribution is -2.54. The van der Waals surface area contributed by atoms with Gasteiger partial charge in [-0.15, -0.1) is 0 Å². The van der Waals surface area contributed by atoms with Gasteiger partial charge in [-0.2, -0.15) is 0 Å². The van der Waals surface area contributed by atoms with Gasteiger partial charge in [0.15, 0.2) is 0 Å². The van der Waals surface area contributed by atoms with Gasteiger partial charge in [-0.1, -0.05) is 15.9 Å². The van der Waals surface area contributed by atoms with Crippen molar-refractivity contribution < 1.29 is 9.53 Å². The molecule has 1 aliphatic rings. The molecular weight excluding hydrogens is 410 g/mol. The van der Waals surface area contributed by atoms with E-state index in [1.165, 1.54) is 0 Å². The Hall–Kier alpha value is -1.77. The quantitative estimate of drug-likeness (QED) is 0.671. The number of amides is 1. The van der Waals surface area contributed by atoms with E-state index < -0.39 is 0 Å². The highest BCUT2D eigenvalue weighted by Crippen LogP contribution is 2.27. The first-order chi connectivity index (χ1) is 13.1. The van der Waals surface area contributed by atoms with Crippen LogP contribution in [0.15, 0.2) is 29.0 Å². The van der Waals surface area contributed by atoms with Crippen molar-refractivity contribution in [2.75, 3.05) is 51.3 Å². The van der Waals surface area contributed by atoms with Gasteiger partial charge in [-0.05, 0) is 31.5 Å². The fraction of sp³-hybridized carbons (Fsp3) is 0.526. The lowest BCUT2D eigenvalue weighted by atomic mass is 10.2. The smallest absolute Gasteiger partial charge is 0.237 e. The van der Waals surface area contributed by atoms with E-state index in [1.54, 1.807) is 13.4 Å². The maximum absolute atomic E-state index is 12.3. The number of aromatic nitrogens is 2. The molecular formula is C19H26BrN5O2. The van der Waals surface area contributed by atoms with Gasteiger partial charge >= 0.3 is 0 Å². The van der Waals surface area contributed by atoms with Crippen LogP contribution in [0.1, 0.15) is 13.3 Å². The fourth-order valence-corrected chi connectivity index (χ4v) is 3.69. The molecule has 0 radical (unpaired) electrons. The van der Waals surface area contributed by atoms with E-state index in [0.29, 0.717) is 13.2 Å². The minimum Gasteiger partial charge on any atom is -0.385 e. The summed E-state index contributed by atoms with van der Waals surface area (Å²) >= 11 is 3.53. The number of nitrogens with one attached hydrogen (secondary N) is 1. The van der Waals surface area contributed by atoms with Crippen LogP contribution in [0.25, 0.3) is 10.9 Å². The van der Waals surface area contributed by atoms with E-state index in [9.17, 15) is 4.79 Å². The molecule has 1 saturated heterocycles. The molecule has 1 aromatic heterocycles. The van der Waals surface area contributed by atoms with Crippen molar-refractivity contribution in [1.82, 2.24) is 20.2 Å². The molecule has 1 atom stereocenters. The molecule has 1 aliphatic heterocycles. The molecule has 0 spiro atoms. The molecule has 2 aromatic rings. The number of anilines is 1. The molecule has 146 valence electrons. The van der Waals surface area contributed by atoms with Gasteiger partial charge in [-0.3, -0.25) is 9.69 Å². The highest BCUT2D eigenvalue weighted by Gasteiger charge is 2.26. The van der Waals surface area contributed by atoms with Crippen LogP contribution in [0.4, 0.5) is 5.82 Å². The van der Waals surface area contributed by atoms with Gasteiger partial charge in [0.05, 0.1) is 11.6 Å². The fourth-order valence-electron chi connectivity index (χ4n) is 3.33. The van der Waals surface area contributed by atoms with Gasteiger partial charge in [0.1, 0.15) is 12.1 Å². The van der Waals surface area contributed by atoms with E-state index in [2.05, 4.69) is 47.1 Å². The van der Waals surface area contributed by atoms with E-state index in [1.807, 2.05) is 19.1 Å². The van der Waals surface area contributed by atoms with E-state index in [0.717, 1.165) is 53.8 Å². The van der Waals surface area contributed by atoms with Crippen molar-refractivity contribution in [3.63, 3.8) is 0 Å². The van der Waals surface area contributed by atoms with Crippen LogP contribution < -0.4 is 10.2 Å². The summed E-state index contributed by atoms with van der Waals surface area (Å²) in [7, 11) is 1.67. The lowest BCUT2D eigenvalue weighted by Gasteiger charge is -2.38. The summed E-state index contributed by atoms with van der Waals surface area (Å²) < 4.78 is 6.03. The van der Waals surface area contributed by atoms with Crippen molar-refractivity contribution in [2.45, 2.75) is 19.4 Å². The summed E-state index contributed by atoms with van der Waals surface area (Å²) in [5, 5.41) is 4.03. The number of piperazine rings is 1. The van der Waals surface area contributed by atoms with E-state index in [4.69, 9.17) is 4.74 Å². The maximum atomic E-state index is 12.3. The first-order valence-corrected chi connectivity index (χ1v) is 10.1. The summed E-state index contributed by atoms with van der Waals surface area (Å²) in [6.07, 6.45) is 2.45. The number of halogens is 1. The topological polar surface area (TPSA) is 70.6 Å². The van der Waals surface area contributed by atoms with Gasteiger partial charge < -0.3 is 15.0 Å². The average Bonchev–Trinajstić information content (AvgIpc) is 2.70. The summed E-state index contributed by atoms with van der Waals surface area (Å²) in [4.78, 5) is 25.7. The standard InChI is InChI=1S/C19H26BrN5O2/c1-14(19(26)21-6-3-11-27-2)24-7-9-25(10-8-24)18-16-12-15(20)4-5-17(16)22-13-23-18/h4-5,12-14H,3,6-11H2,1-2H3,(H,21,26). The SMILES string of the molecule is COCCCNC(=O)C(C)N1CCN(c2ncnc3ccc(Br)cc23)CC1. The molecule has 7 nitrogen and oxygen atoms in total. The second kappa shape index (κ2) is 9.43. The predicted octanol–water partition coefficient (Wildman–Crippen LogP) is 2.06. The third kappa shape index (κ3) is 4.94. The Morgan fingerprint density at radius 3 is 2.81 bits per heavy atom. The normalized spacial score (nSPS) is 16.5. The molecule has 1 amide bonds. The van der Waals surface area contributed by atoms with Gasteiger partial charge in [0.2, 0.25) is 5.91 Å². The van der Waals surface area contributed by atoms with Crippen molar-refractivity contribution in [2.24, 2.45) is 0 Å². The van der Waals surface area contributed by atoms with Crippen molar-refractivity contribution >= 4 is 38.6 Å². The first-order valence-electron chi connectivity index (χ1n) is 9.26. The molecule has 2 heterocycles. The summed E-state index contributed by atoms with van der Waals surface area (Å²) in [6.45, 7) is 6.60. The van der Waals surface area contributed by atoms with Crippen LogP contribution in [-0.2, 0) is 9.53 Å². The second-order valence-corrected chi connectivity index (χ2v) is 7.61. The van der Waals surface area contributed by atoms with Gasteiger partial charge in [0, 0.05) is 56.3 Å². The number of fused-ring (bicyclic) bond motifs is 1. The summed E-state index contributed by atoms with van der Waals surface area (Å²) in [5.74, 6) is 1.04. The van der Waals surface area contributed by atoms with Crippen molar-refractivity contribution in [3.05, 3.63) is 29.0 Å². The molecule has 1 unspecified atom stereocenters. The number of methoxy groups -OCH3 is 1. The average molecular weight is 436 g/mol. The summed E-state index contributed by atoms with van der Waals surface area (Å²) in [5.41, 5.74) is 0.939. The lowest BCUT2D eigenvalue weighted by molar-refractivity contribution is -0.126. The molecule has 0 saturated carbocycles. The highest BCUT2D eigenvalue weighted by molar-refractivity contribution is 9.10.